The first kappa shape index (κ1) is 14.5. The Bertz CT molecular complexity index is 574. The minimum absolute atomic E-state index is 0.00783. The maximum absolute atomic E-state index is 12.2. The molecule has 3 rings (SSSR count). The third kappa shape index (κ3) is 2.27. The van der Waals surface area contributed by atoms with Gasteiger partial charge in [0.15, 0.2) is 0 Å². The number of fused-ring (bicyclic) bond motifs is 1. The van der Waals surface area contributed by atoms with E-state index >= 15 is 0 Å². The second-order valence-corrected chi connectivity index (χ2v) is 6.54. The summed E-state index contributed by atoms with van der Waals surface area (Å²) in [6, 6.07) is 4.09. The van der Waals surface area contributed by atoms with Crippen LogP contribution in [0.1, 0.15) is 56.4 Å². The Morgan fingerprint density at radius 2 is 2.24 bits per heavy atom. The van der Waals surface area contributed by atoms with E-state index in [1.807, 2.05) is 19.9 Å². The van der Waals surface area contributed by atoms with E-state index < -0.39 is 11.5 Å². The first-order valence-corrected chi connectivity index (χ1v) is 7.73. The van der Waals surface area contributed by atoms with Crippen molar-refractivity contribution in [1.82, 2.24) is 0 Å². The summed E-state index contributed by atoms with van der Waals surface area (Å²) in [5.41, 5.74) is 3.16. The lowest BCUT2D eigenvalue weighted by Gasteiger charge is -2.22. The molecule has 0 radical (unpaired) electrons. The van der Waals surface area contributed by atoms with Crippen LogP contribution in [0.3, 0.4) is 0 Å². The van der Waals surface area contributed by atoms with Crippen molar-refractivity contribution in [2.45, 2.75) is 57.7 Å². The predicted molar refractivity (Wildman–Crippen MR) is 81.4 cm³/mol. The van der Waals surface area contributed by atoms with Crippen LogP contribution in [0.15, 0.2) is 12.1 Å². The number of carbonyl (C=O) groups is 1. The minimum Gasteiger partial charge on any atom is -0.386 e. The molecule has 21 heavy (non-hydrogen) atoms. The molecular formula is C17H23NO3. The van der Waals surface area contributed by atoms with Crippen molar-refractivity contribution in [3.05, 3.63) is 28.8 Å². The number of carbonyl (C=O) groups excluding carboxylic acids is 1. The summed E-state index contributed by atoms with van der Waals surface area (Å²) in [7, 11) is 0. The fraction of sp³-hybridized carbons (Fsp3) is 0.588. The van der Waals surface area contributed by atoms with Gasteiger partial charge in [-0.1, -0.05) is 19.1 Å². The van der Waals surface area contributed by atoms with Crippen LogP contribution in [0.2, 0.25) is 0 Å². The van der Waals surface area contributed by atoms with E-state index in [0.29, 0.717) is 6.61 Å². The van der Waals surface area contributed by atoms with Gasteiger partial charge in [0, 0.05) is 12.2 Å². The summed E-state index contributed by atoms with van der Waals surface area (Å²) in [5.74, 6) is -0.00783. The third-order valence-electron chi connectivity index (χ3n) is 4.75. The van der Waals surface area contributed by atoms with E-state index in [4.69, 9.17) is 4.74 Å². The van der Waals surface area contributed by atoms with Crippen LogP contribution < -0.4 is 5.32 Å². The van der Waals surface area contributed by atoms with Crippen molar-refractivity contribution in [2.24, 2.45) is 0 Å². The van der Waals surface area contributed by atoms with Crippen molar-refractivity contribution < 1.29 is 14.6 Å². The van der Waals surface area contributed by atoms with Crippen molar-refractivity contribution in [2.75, 3.05) is 11.9 Å². The quantitative estimate of drug-likeness (QED) is 0.899. The van der Waals surface area contributed by atoms with Crippen LogP contribution >= 0.6 is 0 Å². The van der Waals surface area contributed by atoms with Gasteiger partial charge < -0.3 is 15.2 Å². The van der Waals surface area contributed by atoms with Crippen LogP contribution in [0.5, 0.6) is 0 Å². The molecule has 114 valence electrons. The molecule has 2 heterocycles. The molecule has 2 aliphatic heterocycles. The zero-order valence-corrected chi connectivity index (χ0v) is 12.9. The molecule has 0 aliphatic carbocycles. The fourth-order valence-electron chi connectivity index (χ4n) is 3.24. The summed E-state index contributed by atoms with van der Waals surface area (Å²) in [5, 5.41) is 13.6. The van der Waals surface area contributed by atoms with Crippen molar-refractivity contribution in [1.29, 1.82) is 0 Å². The summed E-state index contributed by atoms with van der Waals surface area (Å²) in [6.45, 7) is 6.64. The Balaban J connectivity index is 2.09. The van der Waals surface area contributed by atoms with Gasteiger partial charge in [-0.05, 0) is 44.2 Å². The molecule has 2 unspecified atom stereocenters. The molecule has 4 nitrogen and oxygen atoms in total. The zero-order chi connectivity index (χ0) is 15.2. The molecule has 1 amide bonds. The fourth-order valence-corrected chi connectivity index (χ4v) is 3.24. The number of ether oxygens (including phenoxy) is 1. The molecule has 1 aromatic carbocycles. The highest BCUT2D eigenvalue weighted by Gasteiger charge is 2.41. The standard InChI is InChI=1S/C17H23NO3/c1-4-10-8-11(15(19)13-6-5-7-21-13)14-12(9-10)17(2,3)16(20)18-14/h8-9,13,15,19H,4-7H2,1-3H3,(H,18,20). The topological polar surface area (TPSA) is 58.6 Å². The lowest BCUT2D eigenvalue weighted by atomic mass is 9.83. The van der Waals surface area contributed by atoms with Crippen LogP contribution in [-0.4, -0.2) is 23.7 Å². The molecular weight excluding hydrogens is 266 g/mol. The number of nitrogens with one attached hydrogen (secondary N) is 1. The van der Waals surface area contributed by atoms with E-state index in [1.54, 1.807) is 0 Å². The number of aliphatic hydroxyl groups excluding tert-OH is 1. The van der Waals surface area contributed by atoms with Gasteiger partial charge in [-0.15, -0.1) is 0 Å². The molecule has 2 atom stereocenters. The van der Waals surface area contributed by atoms with Gasteiger partial charge in [0.25, 0.3) is 0 Å². The number of aliphatic hydroxyl groups is 1. The molecule has 0 spiro atoms. The first-order chi connectivity index (χ1) is 9.95. The van der Waals surface area contributed by atoms with E-state index in [2.05, 4.69) is 18.3 Å². The number of hydrogen-bond donors (Lipinski definition) is 2. The molecule has 2 N–H and O–H groups in total. The van der Waals surface area contributed by atoms with E-state index in [-0.39, 0.29) is 12.0 Å². The Morgan fingerprint density at radius 3 is 2.86 bits per heavy atom. The van der Waals surface area contributed by atoms with Crippen molar-refractivity contribution >= 4 is 11.6 Å². The van der Waals surface area contributed by atoms with Gasteiger partial charge in [0.05, 0.1) is 17.2 Å². The van der Waals surface area contributed by atoms with E-state index in [9.17, 15) is 9.90 Å². The van der Waals surface area contributed by atoms with Crippen LogP contribution in [0, 0.1) is 0 Å². The number of aryl methyl sites for hydroxylation is 1. The van der Waals surface area contributed by atoms with Gasteiger partial charge >= 0.3 is 0 Å². The molecule has 0 bridgehead atoms. The minimum atomic E-state index is -0.679. The Hall–Kier alpha value is -1.39. The number of rotatable bonds is 3. The summed E-state index contributed by atoms with van der Waals surface area (Å²) in [6.07, 6.45) is 1.88. The zero-order valence-electron chi connectivity index (χ0n) is 12.9. The van der Waals surface area contributed by atoms with E-state index in [0.717, 1.165) is 41.6 Å². The van der Waals surface area contributed by atoms with Gasteiger partial charge in [0.1, 0.15) is 6.10 Å². The molecule has 1 saturated heterocycles. The number of anilines is 1. The average Bonchev–Trinajstić information content (AvgIpc) is 3.06. The number of hydrogen-bond acceptors (Lipinski definition) is 3. The maximum atomic E-state index is 12.2. The second-order valence-electron chi connectivity index (χ2n) is 6.54. The smallest absolute Gasteiger partial charge is 0.234 e. The highest BCUT2D eigenvalue weighted by molar-refractivity contribution is 6.06. The molecule has 1 fully saturated rings. The molecule has 0 saturated carbocycles. The molecule has 0 aromatic heterocycles. The molecule has 4 heteroatoms. The monoisotopic (exact) mass is 289 g/mol. The Morgan fingerprint density at radius 1 is 1.48 bits per heavy atom. The van der Waals surface area contributed by atoms with Crippen molar-refractivity contribution in [3.63, 3.8) is 0 Å². The van der Waals surface area contributed by atoms with Crippen molar-refractivity contribution in [3.8, 4) is 0 Å². The maximum Gasteiger partial charge on any atom is 0.234 e. The average molecular weight is 289 g/mol. The first-order valence-electron chi connectivity index (χ1n) is 7.73. The highest BCUT2D eigenvalue weighted by atomic mass is 16.5. The van der Waals surface area contributed by atoms with Gasteiger partial charge in [-0.2, -0.15) is 0 Å². The lowest BCUT2D eigenvalue weighted by molar-refractivity contribution is -0.119. The summed E-state index contributed by atoms with van der Waals surface area (Å²) in [4.78, 5) is 12.2. The normalized spacial score (nSPS) is 24.8. The number of amides is 1. The van der Waals surface area contributed by atoms with Crippen LogP contribution in [-0.2, 0) is 21.4 Å². The number of benzene rings is 1. The van der Waals surface area contributed by atoms with Crippen LogP contribution in [0.25, 0.3) is 0 Å². The largest absolute Gasteiger partial charge is 0.386 e. The molecule has 1 aromatic rings. The summed E-state index contributed by atoms with van der Waals surface area (Å²) >= 11 is 0. The van der Waals surface area contributed by atoms with Gasteiger partial charge in [-0.3, -0.25) is 4.79 Å². The lowest BCUT2D eigenvalue weighted by Crippen LogP contribution is -2.26. The second kappa shape index (κ2) is 5.11. The predicted octanol–water partition coefficient (Wildman–Crippen LogP) is 2.69. The SMILES string of the molecule is CCc1cc(C(O)C2CCCO2)c2c(c1)C(C)(C)C(=O)N2. The third-order valence-corrected chi connectivity index (χ3v) is 4.75. The highest BCUT2D eigenvalue weighted by Crippen LogP contribution is 2.43. The summed E-state index contributed by atoms with van der Waals surface area (Å²) < 4.78 is 5.62. The van der Waals surface area contributed by atoms with E-state index in [1.165, 1.54) is 0 Å². The van der Waals surface area contributed by atoms with Gasteiger partial charge in [0.2, 0.25) is 5.91 Å². The Kier molecular flexibility index (Phi) is 3.54. The van der Waals surface area contributed by atoms with Crippen LogP contribution in [0.4, 0.5) is 5.69 Å². The van der Waals surface area contributed by atoms with Gasteiger partial charge in [-0.25, -0.2) is 0 Å². The molecule has 2 aliphatic rings. The Labute approximate surface area is 125 Å².